The van der Waals surface area contributed by atoms with Gasteiger partial charge in [-0.2, -0.15) is 5.26 Å². The molecule has 0 amide bonds. The van der Waals surface area contributed by atoms with E-state index in [4.69, 9.17) is 0 Å². The lowest BCUT2D eigenvalue weighted by atomic mass is 9.95. The topological polar surface area (TPSA) is 81.4 Å². The van der Waals surface area contributed by atoms with E-state index in [2.05, 4.69) is 0 Å². The lowest BCUT2D eigenvalue weighted by Crippen LogP contribution is -2.41. The van der Waals surface area contributed by atoms with Gasteiger partial charge in [0.05, 0.1) is 11.3 Å². The molecule has 2 aromatic rings. The highest BCUT2D eigenvalue weighted by Gasteiger charge is 2.34. The van der Waals surface area contributed by atoms with Crippen molar-refractivity contribution < 1.29 is 13.5 Å². The van der Waals surface area contributed by atoms with Crippen LogP contribution in [0.5, 0.6) is 0 Å². The van der Waals surface area contributed by atoms with Crippen LogP contribution in [0.4, 0.5) is 5.69 Å². The van der Waals surface area contributed by atoms with Crippen LogP contribution in [0.15, 0.2) is 53.4 Å². The highest BCUT2D eigenvalue weighted by Crippen LogP contribution is 2.34. The first-order chi connectivity index (χ1) is 11.1. The van der Waals surface area contributed by atoms with Crippen LogP contribution in [0.3, 0.4) is 0 Å². The summed E-state index contributed by atoms with van der Waals surface area (Å²) in [6.07, 6.45) is 0.637. The zero-order valence-corrected chi connectivity index (χ0v) is 13.2. The van der Waals surface area contributed by atoms with Crippen LogP contribution < -0.4 is 4.31 Å². The molecule has 5 nitrogen and oxygen atoms in total. The lowest BCUT2D eigenvalue weighted by molar-refractivity contribution is 0.227. The van der Waals surface area contributed by atoms with Crippen molar-refractivity contribution in [2.75, 3.05) is 17.5 Å². The third-order valence-corrected chi connectivity index (χ3v) is 5.86. The van der Waals surface area contributed by atoms with Crippen molar-refractivity contribution in [2.24, 2.45) is 5.92 Å². The van der Waals surface area contributed by atoms with Crippen molar-refractivity contribution in [3.8, 4) is 6.07 Å². The molecule has 0 saturated carbocycles. The Morgan fingerprint density at radius 1 is 1.17 bits per heavy atom. The Bertz CT molecular complexity index is 871. The third-order valence-electron chi connectivity index (χ3n) is 4.03. The monoisotopic (exact) mass is 328 g/mol. The molecule has 3 rings (SSSR count). The van der Waals surface area contributed by atoms with Crippen LogP contribution >= 0.6 is 0 Å². The molecule has 1 N–H and O–H groups in total. The fourth-order valence-electron chi connectivity index (χ4n) is 2.89. The lowest BCUT2D eigenvalue weighted by Gasteiger charge is -2.34. The number of hydrogen-bond acceptors (Lipinski definition) is 4. The summed E-state index contributed by atoms with van der Waals surface area (Å²) < 4.78 is 27.5. The Kier molecular flexibility index (Phi) is 4.07. The van der Waals surface area contributed by atoms with Crippen LogP contribution in [0.1, 0.15) is 11.1 Å². The smallest absolute Gasteiger partial charge is 0.265 e. The molecule has 0 fully saturated rings. The van der Waals surface area contributed by atoms with Crippen molar-refractivity contribution in [3.63, 3.8) is 0 Å². The Morgan fingerprint density at radius 2 is 1.87 bits per heavy atom. The number of aliphatic hydroxyl groups excluding tert-OH is 1. The van der Waals surface area contributed by atoms with Crippen LogP contribution in [-0.2, 0) is 16.4 Å². The average Bonchev–Trinajstić information content (AvgIpc) is 2.60. The second-order valence-electron chi connectivity index (χ2n) is 5.53. The Balaban J connectivity index is 2.15. The summed E-state index contributed by atoms with van der Waals surface area (Å²) in [5.41, 5.74) is 1.62. The van der Waals surface area contributed by atoms with Crippen LogP contribution in [-0.4, -0.2) is 26.7 Å². The molecule has 1 heterocycles. The molecule has 1 aliphatic rings. The van der Waals surface area contributed by atoms with Gasteiger partial charge in [-0.15, -0.1) is 0 Å². The molecule has 0 aromatic heterocycles. The molecule has 6 heteroatoms. The fraction of sp³-hybridized carbons (Fsp3) is 0.235. The minimum Gasteiger partial charge on any atom is -0.396 e. The van der Waals surface area contributed by atoms with E-state index in [9.17, 15) is 18.8 Å². The molecule has 0 spiro atoms. The number of nitriles is 1. The van der Waals surface area contributed by atoms with Gasteiger partial charge in [0.2, 0.25) is 0 Å². The highest BCUT2D eigenvalue weighted by molar-refractivity contribution is 7.93. The van der Waals surface area contributed by atoms with E-state index < -0.39 is 10.0 Å². The standard InChI is InChI=1S/C17H16N2O3S/c18-10-15-6-2-4-8-17(15)23(21,22)19-11-13(12-20)9-14-5-1-3-7-16(14)19/h1-8,13,20H,9,11-12H2. The summed E-state index contributed by atoms with van der Waals surface area (Å²) >= 11 is 0. The molecule has 0 saturated heterocycles. The minimum atomic E-state index is -3.86. The molecule has 1 atom stereocenters. The van der Waals surface area contributed by atoms with E-state index in [0.29, 0.717) is 12.1 Å². The van der Waals surface area contributed by atoms with E-state index in [1.807, 2.05) is 18.2 Å². The highest BCUT2D eigenvalue weighted by atomic mass is 32.2. The number of rotatable bonds is 3. The molecule has 1 unspecified atom stereocenters. The van der Waals surface area contributed by atoms with Gasteiger partial charge in [-0.3, -0.25) is 4.31 Å². The SMILES string of the molecule is N#Cc1ccccc1S(=O)(=O)N1CC(CO)Cc2ccccc21. The Morgan fingerprint density at radius 3 is 2.61 bits per heavy atom. The molecular formula is C17H16N2O3S. The summed E-state index contributed by atoms with van der Waals surface area (Å²) in [6.45, 7) is 0.121. The number of sulfonamides is 1. The van der Waals surface area contributed by atoms with Crippen molar-refractivity contribution in [1.29, 1.82) is 5.26 Å². The maximum Gasteiger partial charge on any atom is 0.265 e. The molecule has 1 aliphatic heterocycles. The maximum absolute atomic E-state index is 13.1. The van der Waals surface area contributed by atoms with Gasteiger partial charge in [-0.25, -0.2) is 8.42 Å². The summed E-state index contributed by atoms with van der Waals surface area (Å²) in [7, 11) is -3.86. The summed E-state index contributed by atoms with van der Waals surface area (Å²) in [4.78, 5) is -0.00380. The number of aliphatic hydroxyl groups is 1. The molecular weight excluding hydrogens is 312 g/mol. The minimum absolute atomic E-state index is 0.00380. The fourth-order valence-corrected chi connectivity index (χ4v) is 4.61. The van der Waals surface area contributed by atoms with E-state index in [1.54, 1.807) is 24.3 Å². The van der Waals surface area contributed by atoms with Crippen molar-refractivity contribution >= 4 is 15.7 Å². The molecule has 118 valence electrons. The van der Waals surface area contributed by atoms with Gasteiger partial charge in [0.1, 0.15) is 11.0 Å². The quantitative estimate of drug-likeness (QED) is 0.933. The van der Waals surface area contributed by atoms with Crippen molar-refractivity contribution in [1.82, 2.24) is 0 Å². The second-order valence-corrected chi connectivity index (χ2v) is 7.36. The van der Waals surface area contributed by atoms with Crippen molar-refractivity contribution in [3.05, 3.63) is 59.7 Å². The summed E-state index contributed by atoms with van der Waals surface area (Å²) in [5, 5.41) is 18.7. The van der Waals surface area contributed by atoms with Gasteiger partial charge in [-0.05, 0) is 30.2 Å². The molecule has 2 aromatic carbocycles. The summed E-state index contributed by atoms with van der Waals surface area (Å²) in [6, 6.07) is 15.4. The number of hydrogen-bond donors (Lipinski definition) is 1. The number of benzene rings is 2. The first kappa shape index (κ1) is 15.5. The number of anilines is 1. The number of fused-ring (bicyclic) bond motifs is 1. The van der Waals surface area contributed by atoms with E-state index in [-0.39, 0.29) is 29.5 Å². The van der Waals surface area contributed by atoms with Gasteiger partial charge in [0.25, 0.3) is 10.0 Å². The van der Waals surface area contributed by atoms with Gasteiger partial charge in [-0.1, -0.05) is 30.3 Å². The number of nitrogens with zero attached hydrogens (tertiary/aromatic N) is 2. The Hall–Kier alpha value is -2.36. The van der Waals surface area contributed by atoms with Crippen LogP contribution in [0.25, 0.3) is 0 Å². The zero-order chi connectivity index (χ0) is 16.4. The molecule has 0 radical (unpaired) electrons. The van der Waals surface area contributed by atoms with Gasteiger partial charge >= 0.3 is 0 Å². The summed E-state index contributed by atoms with van der Waals surface area (Å²) in [5.74, 6) is -0.158. The molecule has 0 bridgehead atoms. The molecule has 0 aliphatic carbocycles. The third kappa shape index (κ3) is 2.69. The van der Waals surface area contributed by atoms with Gasteiger partial charge in [0, 0.05) is 19.1 Å². The van der Waals surface area contributed by atoms with E-state index in [1.165, 1.54) is 16.4 Å². The zero-order valence-electron chi connectivity index (χ0n) is 12.4. The first-order valence-corrected chi connectivity index (χ1v) is 8.72. The van der Waals surface area contributed by atoms with Gasteiger partial charge < -0.3 is 5.11 Å². The van der Waals surface area contributed by atoms with Crippen molar-refractivity contribution in [2.45, 2.75) is 11.3 Å². The second kappa shape index (κ2) is 6.03. The van der Waals surface area contributed by atoms with E-state index in [0.717, 1.165) is 5.56 Å². The molecule has 23 heavy (non-hydrogen) atoms. The maximum atomic E-state index is 13.1. The normalized spacial score (nSPS) is 17.4. The number of para-hydroxylation sites is 1. The average molecular weight is 328 g/mol. The predicted molar refractivity (Wildman–Crippen MR) is 86.4 cm³/mol. The Labute approximate surface area is 135 Å². The van der Waals surface area contributed by atoms with E-state index >= 15 is 0 Å². The van der Waals surface area contributed by atoms with Crippen LogP contribution in [0, 0.1) is 17.2 Å². The van der Waals surface area contributed by atoms with Crippen LogP contribution in [0.2, 0.25) is 0 Å². The van der Waals surface area contributed by atoms with Gasteiger partial charge in [0.15, 0.2) is 0 Å². The first-order valence-electron chi connectivity index (χ1n) is 7.28. The predicted octanol–water partition coefficient (Wildman–Crippen LogP) is 1.92. The largest absolute Gasteiger partial charge is 0.396 e.